The lowest BCUT2D eigenvalue weighted by molar-refractivity contribution is -0.127. The van der Waals surface area contributed by atoms with Gasteiger partial charge in [-0.25, -0.2) is 4.99 Å². The first-order chi connectivity index (χ1) is 11.1. The molecule has 0 aliphatic heterocycles. The van der Waals surface area contributed by atoms with Gasteiger partial charge in [-0.1, -0.05) is 38.5 Å². The van der Waals surface area contributed by atoms with Crippen LogP contribution in [0.3, 0.4) is 0 Å². The number of nitrogens with one attached hydrogen (secondary N) is 2. The number of amides is 1. The monoisotopic (exact) mass is 470 g/mol. The Morgan fingerprint density at radius 2 is 1.83 bits per heavy atom. The predicted octanol–water partition coefficient (Wildman–Crippen LogP) is 2.95. The van der Waals surface area contributed by atoms with E-state index >= 15 is 0 Å². The molecule has 0 radical (unpaired) electrons. The van der Waals surface area contributed by atoms with E-state index in [-0.39, 0.29) is 36.4 Å². The smallest absolute Gasteiger partial charge is 0.243 e. The van der Waals surface area contributed by atoms with Crippen molar-refractivity contribution in [2.45, 2.75) is 44.9 Å². The molecular formula is C17H35IN4OS. The number of guanidine groups is 1. The van der Waals surface area contributed by atoms with E-state index in [0.29, 0.717) is 0 Å². The van der Waals surface area contributed by atoms with Gasteiger partial charge in [-0.2, -0.15) is 11.8 Å². The fourth-order valence-corrected chi connectivity index (χ4v) is 3.10. The van der Waals surface area contributed by atoms with E-state index < -0.39 is 0 Å². The van der Waals surface area contributed by atoms with E-state index in [1.54, 1.807) is 30.8 Å². The summed E-state index contributed by atoms with van der Waals surface area (Å²) in [5.74, 6) is 2.79. The van der Waals surface area contributed by atoms with Crippen molar-refractivity contribution in [3.8, 4) is 0 Å². The molecule has 0 bridgehead atoms. The van der Waals surface area contributed by atoms with E-state index in [0.717, 1.165) is 30.7 Å². The van der Waals surface area contributed by atoms with Crippen LogP contribution in [-0.2, 0) is 4.79 Å². The minimum absolute atomic E-state index is 0. The van der Waals surface area contributed by atoms with Crippen LogP contribution in [0, 0.1) is 5.92 Å². The molecule has 1 aliphatic carbocycles. The number of hydrogen-bond acceptors (Lipinski definition) is 3. The highest BCUT2D eigenvalue weighted by Crippen LogP contribution is 2.28. The largest absolute Gasteiger partial charge is 0.356 e. The molecule has 7 heteroatoms. The van der Waals surface area contributed by atoms with Crippen LogP contribution in [0.1, 0.15) is 44.9 Å². The van der Waals surface area contributed by atoms with Crippen LogP contribution in [0.25, 0.3) is 0 Å². The molecule has 0 heterocycles. The second-order valence-electron chi connectivity index (χ2n) is 6.45. The molecule has 0 atom stereocenters. The molecule has 1 rings (SSSR count). The highest BCUT2D eigenvalue weighted by molar-refractivity contribution is 14.0. The third-order valence-electron chi connectivity index (χ3n) is 4.28. The molecule has 0 spiro atoms. The van der Waals surface area contributed by atoms with E-state index in [1.165, 1.54) is 44.9 Å². The number of likely N-dealkylation sites (N-methyl/N-ethyl adjacent to an activating group) is 1. The number of aliphatic imine (C=N–C) groups is 1. The number of thioether (sulfide) groups is 1. The SMILES string of the molecule is CSCCNC(=NCC(=O)N(C)C)NCCCCC1CCCC1.I. The van der Waals surface area contributed by atoms with Crippen LogP contribution >= 0.6 is 35.7 Å². The zero-order chi connectivity index (χ0) is 16.9. The van der Waals surface area contributed by atoms with Gasteiger partial charge in [0.15, 0.2) is 5.96 Å². The van der Waals surface area contributed by atoms with Crippen molar-refractivity contribution in [1.82, 2.24) is 15.5 Å². The lowest BCUT2D eigenvalue weighted by Gasteiger charge is -2.14. The van der Waals surface area contributed by atoms with Crippen LogP contribution in [0.15, 0.2) is 4.99 Å². The zero-order valence-corrected chi connectivity index (χ0v) is 18.6. The molecule has 24 heavy (non-hydrogen) atoms. The Balaban J connectivity index is 0.00000529. The third-order valence-corrected chi connectivity index (χ3v) is 4.89. The summed E-state index contributed by atoms with van der Waals surface area (Å²) < 4.78 is 0. The molecule has 0 unspecified atom stereocenters. The average Bonchev–Trinajstić information content (AvgIpc) is 3.04. The van der Waals surface area contributed by atoms with Crippen molar-refractivity contribution in [2.24, 2.45) is 10.9 Å². The maximum absolute atomic E-state index is 11.7. The lowest BCUT2D eigenvalue weighted by Crippen LogP contribution is -2.40. The van der Waals surface area contributed by atoms with E-state index in [4.69, 9.17) is 0 Å². The quantitative estimate of drug-likeness (QED) is 0.223. The first-order valence-electron chi connectivity index (χ1n) is 8.84. The summed E-state index contributed by atoms with van der Waals surface area (Å²) in [6.45, 7) is 1.99. The molecule has 0 aromatic heterocycles. The summed E-state index contributed by atoms with van der Waals surface area (Å²) in [4.78, 5) is 17.6. The number of rotatable bonds is 10. The maximum atomic E-state index is 11.7. The Bertz CT molecular complexity index is 360. The Labute approximate surface area is 169 Å². The van der Waals surface area contributed by atoms with E-state index in [2.05, 4.69) is 21.9 Å². The minimum Gasteiger partial charge on any atom is -0.356 e. The Kier molecular flexibility index (Phi) is 15.0. The van der Waals surface area contributed by atoms with Gasteiger partial charge in [-0.15, -0.1) is 24.0 Å². The van der Waals surface area contributed by atoms with Gasteiger partial charge in [0.25, 0.3) is 0 Å². The number of unbranched alkanes of at least 4 members (excludes halogenated alkanes) is 1. The zero-order valence-electron chi connectivity index (χ0n) is 15.5. The van der Waals surface area contributed by atoms with Crippen molar-refractivity contribution < 1.29 is 4.79 Å². The average molecular weight is 470 g/mol. The molecule has 1 fully saturated rings. The van der Waals surface area contributed by atoms with Gasteiger partial charge in [-0.05, 0) is 18.6 Å². The Morgan fingerprint density at radius 3 is 2.46 bits per heavy atom. The molecule has 1 aliphatic rings. The normalized spacial score (nSPS) is 15.0. The third kappa shape index (κ3) is 11.4. The molecule has 142 valence electrons. The summed E-state index contributed by atoms with van der Waals surface area (Å²) in [7, 11) is 3.52. The van der Waals surface area contributed by atoms with Crippen LogP contribution in [-0.4, -0.2) is 62.5 Å². The van der Waals surface area contributed by atoms with E-state index in [9.17, 15) is 4.79 Å². The lowest BCUT2D eigenvalue weighted by atomic mass is 10.0. The predicted molar refractivity (Wildman–Crippen MR) is 117 cm³/mol. The first-order valence-corrected chi connectivity index (χ1v) is 10.2. The van der Waals surface area contributed by atoms with Crippen molar-refractivity contribution in [2.75, 3.05) is 45.7 Å². The first kappa shape index (κ1) is 23.8. The van der Waals surface area contributed by atoms with Crippen LogP contribution < -0.4 is 10.6 Å². The van der Waals surface area contributed by atoms with Crippen LogP contribution in [0.4, 0.5) is 0 Å². The topological polar surface area (TPSA) is 56.7 Å². The summed E-state index contributed by atoms with van der Waals surface area (Å²) >= 11 is 1.80. The maximum Gasteiger partial charge on any atom is 0.243 e. The fourth-order valence-electron chi connectivity index (χ4n) is 2.80. The standard InChI is InChI=1S/C17H34N4OS.HI/c1-21(2)16(22)14-20-17(19-12-13-23-3)18-11-7-6-10-15-8-4-5-9-15;/h15H,4-14H2,1-3H3,(H2,18,19,20);1H. The number of nitrogens with zero attached hydrogens (tertiary/aromatic N) is 2. The number of carbonyl (C=O) groups is 1. The Hall–Kier alpha value is -0.180. The van der Waals surface area contributed by atoms with Gasteiger partial charge in [0.05, 0.1) is 0 Å². The summed E-state index contributed by atoms with van der Waals surface area (Å²) in [5.41, 5.74) is 0. The summed E-state index contributed by atoms with van der Waals surface area (Å²) in [6.07, 6.45) is 11.6. The fraction of sp³-hybridized carbons (Fsp3) is 0.882. The van der Waals surface area contributed by atoms with Gasteiger partial charge < -0.3 is 15.5 Å². The molecule has 2 N–H and O–H groups in total. The van der Waals surface area contributed by atoms with Gasteiger partial charge in [-0.3, -0.25) is 4.79 Å². The van der Waals surface area contributed by atoms with Crippen molar-refractivity contribution in [1.29, 1.82) is 0 Å². The van der Waals surface area contributed by atoms with Gasteiger partial charge in [0.1, 0.15) is 6.54 Å². The minimum atomic E-state index is 0. The Morgan fingerprint density at radius 1 is 1.17 bits per heavy atom. The molecule has 0 saturated heterocycles. The van der Waals surface area contributed by atoms with Gasteiger partial charge in [0, 0.05) is 32.9 Å². The molecular weight excluding hydrogens is 435 g/mol. The van der Waals surface area contributed by atoms with Gasteiger partial charge >= 0.3 is 0 Å². The van der Waals surface area contributed by atoms with Crippen molar-refractivity contribution in [3.63, 3.8) is 0 Å². The summed E-state index contributed by atoms with van der Waals surface area (Å²) in [5, 5.41) is 6.65. The number of carbonyl (C=O) groups excluding carboxylic acids is 1. The summed E-state index contributed by atoms with van der Waals surface area (Å²) in [6, 6.07) is 0. The van der Waals surface area contributed by atoms with E-state index in [1.807, 2.05) is 0 Å². The second-order valence-corrected chi connectivity index (χ2v) is 7.43. The van der Waals surface area contributed by atoms with Crippen molar-refractivity contribution in [3.05, 3.63) is 0 Å². The number of hydrogen-bond donors (Lipinski definition) is 2. The molecule has 5 nitrogen and oxygen atoms in total. The second kappa shape index (κ2) is 15.1. The van der Waals surface area contributed by atoms with Crippen LogP contribution in [0.5, 0.6) is 0 Å². The highest BCUT2D eigenvalue weighted by atomic mass is 127. The molecule has 1 amide bonds. The molecule has 0 aromatic rings. The number of halogens is 1. The molecule has 1 saturated carbocycles. The highest BCUT2D eigenvalue weighted by Gasteiger charge is 2.13. The molecule has 0 aromatic carbocycles. The van der Waals surface area contributed by atoms with Crippen molar-refractivity contribution >= 4 is 47.6 Å². The van der Waals surface area contributed by atoms with Crippen LogP contribution in [0.2, 0.25) is 0 Å². The van der Waals surface area contributed by atoms with Gasteiger partial charge in [0.2, 0.25) is 5.91 Å².